The van der Waals surface area contributed by atoms with Crippen LogP contribution in [-0.2, 0) is 11.2 Å². The van der Waals surface area contributed by atoms with Gasteiger partial charge in [-0.1, -0.05) is 24.3 Å². The average molecular weight is 526 g/mol. The van der Waals surface area contributed by atoms with Crippen LogP contribution in [0.5, 0.6) is 5.75 Å². The number of allylic oxidation sites excluding steroid dienone is 5. The number of halogens is 1. The summed E-state index contributed by atoms with van der Waals surface area (Å²) in [5, 5.41) is 0. The number of hydrogen-bond acceptors (Lipinski definition) is 4. The van der Waals surface area contributed by atoms with Gasteiger partial charge in [0.25, 0.3) is 0 Å². The Labute approximate surface area is 230 Å². The van der Waals surface area contributed by atoms with Gasteiger partial charge in [-0.05, 0) is 92.6 Å². The Morgan fingerprint density at radius 2 is 1.87 bits per heavy atom. The van der Waals surface area contributed by atoms with E-state index in [2.05, 4.69) is 35.3 Å². The number of benzene rings is 2. The van der Waals surface area contributed by atoms with E-state index in [1.165, 1.54) is 17.8 Å². The van der Waals surface area contributed by atoms with Gasteiger partial charge in [0.15, 0.2) is 0 Å². The molecule has 1 aliphatic heterocycles. The van der Waals surface area contributed by atoms with E-state index < -0.39 is 0 Å². The third-order valence-electron chi connectivity index (χ3n) is 7.65. The van der Waals surface area contributed by atoms with E-state index >= 15 is 0 Å². The molecule has 0 spiro atoms. The summed E-state index contributed by atoms with van der Waals surface area (Å²) in [5.74, 6) is 1.89. The number of imidazole rings is 1. The highest BCUT2D eigenvalue weighted by Gasteiger charge is 2.20. The fraction of sp³-hybridized carbons (Fsp3) is 0.333. The SMILES string of the molecule is COc1ccc(-c2cn(-c3ccc(F)cc3)c(CC(=O)CCC3CCCN(C4=CCC=CC=C4)CC3)n2)cc1. The van der Waals surface area contributed by atoms with Gasteiger partial charge in [-0.15, -0.1) is 0 Å². The van der Waals surface area contributed by atoms with Crippen LogP contribution in [0.25, 0.3) is 16.9 Å². The van der Waals surface area contributed by atoms with E-state index in [1.807, 2.05) is 35.0 Å². The maximum Gasteiger partial charge on any atom is 0.140 e. The molecular weight excluding hydrogens is 489 g/mol. The van der Waals surface area contributed by atoms with E-state index in [9.17, 15) is 9.18 Å². The molecule has 0 bridgehead atoms. The molecule has 1 fully saturated rings. The molecule has 0 N–H and O–H groups in total. The largest absolute Gasteiger partial charge is 0.497 e. The lowest BCUT2D eigenvalue weighted by Gasteiger charge is -2.24. The molecule has 202 valence electrons. The Bertz CT molecular complexity index is 1350. The molecule has 2 aromatic carbocycles. The van der Waals surface area contributed by atoms with Crippen LogP contribution in [0.3, 0.4) is 0 Å². The summed E-state index contributed by atoms with van der Waals surface area (Å²) in [7, 11) is 1.64. The smallest absolute Gasteiger partial charge is 0.140 e. The van der Waals surface area contributed by atoms with Crippen LogP contribution in [0.15, 0.2) is 90.8 Å². The van der Waals surface area contributed by atoms with Gasteiger partial charge in [-0.25, -0.2) is 9.37 Å². The second-order valence-electron chi connectivity index (χ2n) is 10.3. The molecule has 3 aromatic rings. The third kappa shape index (κ3) is 6.94. The predicted molar refractivity (Wildman–Crippen MR) is 153 cm³/mol. The lowest BCUT2D eigenvalue weighted by molar-refractivity contribution is -0.118. The Hall–Kier alpha value is -3.93. The highest BCUT2D eigenvalue weighted by molar-refractivity contribution is 5.80. The van der Waals surface area contributed by atoms with Crippen LogP contribution in [0, 0.1) is 11.7 Å². The molecule has 1 aliphatic carbocycles. The third-order valence-corrected chi connectivity index (χ3v) is 7.65. The molecule has 39 heavy (non-hydrogen) atoms. The number of ether oxygens (including phenoxy) is 1. The number of methoxy groups -OCH3 is 1. The van der Waals surface area contributed by atoms with Crippen LogP contribution < -0.4 is 4.74 Å². The van der Waals surface area contributed by atoms with Gasteiger partial charge >= 0.3 is 0 Å². The van der Waals surface area contributed by atoms with Gasteiger partial charge in [0.1, 0.15) is 23.2 Å². The Kier molecular flexibility index (Phi) is 8.71. The van der Waals surface area contributed by atoms with Crippen LogP contribution >= 0.6 is 0 Å². The lowest BCUT2D eigenvalue weighted by Crippen LogP contribution is -2.23. The molecule has 1 unspecified atom stereocenters. The number of nitrogens with zero attached hydrogens (tertiary/aromatic N) is 3. The Morgan fingerprint density at radius 3 is 2.67 bits per heavy atom. The summed E-state index contributed by atoms with van der Waals surface area (Å²) in [6.45, 7) is 2.11. The van der Waals surface area contributed by atoms with E-state index in [0.29, 0.717) is 18.2 Å². The van der Waals surface area contributed by atoms with Crippen molar-refractivity contribution in [1.82, 2.24) is 14.5 Å². The summed E-state index contributed by atoms with van der Waals surface area (Å²) in [5.41, 5.74) is 3.80. The number of Topliss-reactive ketones (excluding diaryl/α,β-unsaturated/α-hetero) is 1. The van der Waals surface area contributed by atoms with Crippen molar-refractivity contribution in [2.75, 3.05) is 20.2 Å². The minimum absolute atomic E-state index is 0.187. The summed E-state index contributed by atoms with van der Waals surface area (Å²) in [6.07, 6.45) is 18.9. The first kappa shape index (κ1) is 26.7. The zero-order valence-corrected chi connectivity index (χ0v) is 22.6. The second kappa shape index (κ2) is 12.7. The molecule has 1 aromatic heterocycles. The van der Waals surface area contributed by atoms with Crippen LogP contribution in [0.4, 0.5) is 4.39 Å². The normalized spacial score (nSPS) is 17.4. The van der Waals surface area contributed by atoms with Crippen LogP contribution in [0.2, 0.25) is 0 Å². The maximum absolute atomic E-state index is 13.6. The zero-order valence-electron chi connectivity index (χ0n) is 22.6. The highest BCUT2D eigenvalue weighted by atomic mass is 19.1. The summed E-state index contributed by atoms with van der Waals surface area (Å²) in [4.78, 5) is 20.5. The second-order valence-corrected chi connectivity index (χ2v) is 10.3. The molecule has 6 heteroatoms. The minimum atomic E-state index is -0.295. The van der Waals surface area contributed by atoms with E-state index in [0.717, 1.165) is 67.9 Å². The van der Waals surface area contributed by atoms with Crippen molar-refractivity contribution in [3.8, 4) is 22.7 Å². The number of aromatic nitrogens is 2. The fourth-order valence-corrected chi connectivity index (χ4v) is 5.41. The van der Waals surface area contributed by atoms with Crippen molar-refractivity contribution >= 4 is 5.78 Å². The molecule has 0 radical (unpaired) electrons. The molecule has 2 heterocycles. The Morgan fingerprint density at radius 1 is 1.05 bits per heavy atom. The van der Waals surface area contributed by atoms with Crippen LogP contribution in [0.1, 0.15) is 44.3 Å². The van der Waals surface area contributed by atoms with Crippen molar-refractivity contribution < 1.29 is 13.9 Å². The molecule has 0 saturated carbocycles. The standard InChI is InChI=1S/C33H36FN3O2/c1-39-31-18-11-26(12-19-31)32-24-37(29-15-13-27(34)14-16-29)33(35-32)23-30(38)17-10-25-7-6-21-36(22-20-25)28-8-4-2-3-5-9-28/h2-4,8-9,11-16,18-19,24-25H,5-7,10,17,20-23H2,1H3. The van der Waals surface area contributed by atoms with E-state index in [4.69, 9.17) is 9.72 Å². The predicted octanol–water partition coefficient (Wildman–Crippen LogP) is 7.08. The Balaban J connectivity index is 1.24. The molecule has 0 amide bonds. The molecular formula is C33H36FN3O2. The molecule has 1 saturated heterocycles. The molecule has 5 nitrogen and oxygen atoms in total. The number of hydrogen-bond donors (Lipinski definition) is 0. The number of rotatable bonds is 9. The summed E-state index contributed by atoms with van der Waals surface area (Å²) < 4.78 is 20.8. The van der Waals surface area contributed by atoms with E-state index in [-0.39, 0.29) is 18.0 Å². The van der Waals surface area contributed by atoms with Crippen molar-refractivity contribution in [3.05, 3.63) is 102 Å². The quantitative estimate of drug-likeness (QED) is 0.299. The minimum Gasteiger partial charge on any atom is -0.497 e. The summed E-state index contributed by atoms with van der Waals surface area (Å²) in [6, 6.07) is 14.0. The van der Waals surface area contributed by atoms with E-state index in [1.54, 1.807) is 19.2 Å². The monoisotopic (exact) mass is 525 g/mol. The summed E-state index contributed by atoms with van der Waals surface area (Å²) >= 11 is 0. The van der Waals surface area contributed by atoms with Gasteiger partial charge in [0.05, 0.1) is 19.2 Å². The average Bonchev–Trinajstić information content (AvgIpc) is 3.12. The first-order valence-corrected chi connectivity index (χ1v) is 13.9. The first-order valence-electron chi connectivity index (χ1n) is 13.9. The lowest BCUT2D eigenvalue weighted by atomic mass is 9.93. The van der Waals surface area contributed by atoms with Gasteiger partial charge in [-0.3, -0.25) is 4.79 Å². The number of ketones is 1. The van der Waals surface area contributed by atoms with Crippen molar-refractivity contribution in [1.29, 1.82) is 0 Å². The zero-order chi connectivity index (χ0) is 27.0. The number of likely N-dealkylation sites (tertiary alicyclic amines) is 1. The molecule has 2 aliphatic rings. The molecule has 1 atom stereocenters. The number of carbonyl (C=O) groups is 1. The highest BCUT2D eigenvalue weighted by Crippen LogP contribution is 2.27. The fourth-order valence-electron chi connectivity index (χ4n) is 5.41. The topological polar surface area (TPSA) is 47.4 Å². The van der Waals surface area contributed by atoms with Crippen molar-refractivity contribution in [2.24, 2.45) is 5.92 Å². The van der Waals surface area contributed by atoms with Gasteiger partial charge in [0.2, 0.25) is 0 Å². The maximum atomic E-state index is 13.6. The van der Waals surface area contributed by atoms with Gasteiger partial charge in [-0.2, -0.15) is 0 Å². The van der Waals surface area contributed by atoms with Crippen molar-refractivity contribution in [2.45, 2.75) is 44.9 Å². The van der Waals surface area contributed by atoms with Crippen LogP contribution in [-0.4, -0.2) is 40.4 Å². The van der Waals surface area contributed by atoms with Gasteiger partial charge in [0, 0.05) is 42.7 Å². The number of carbonyl (C=O) groups excluding carboxylic acids is 1. The first-order chi connectivity index (χ1) is 19.1. The van der Waals surface area contributed by atoms with Crippen molar-refractivity contribution in [3.63, 3.8) is 0 Å². The molecule has 5 rings (SSSR count). The van der Waals surface area contributed by atoms with Gasteiger partial charge < -0.3 is 14.2 Å².